The molecule has 0 saturated carbocycles. The number of hydrogen-bond donors (Lipinski definition) is 1. The van der Waals surface area contributed by atoms with Crippen molar-refractivity contribution in [1.29, 1.82) is 0 Å². The van der Waals surface area contributed by atoms with Crippen LogP contribution in [0.15, 0.2) is 36.4 Å². The molecule has 1 atom stereocenters. The van der Waals surface area contributed by atoms with Crippen molar-refractivity contribution in [3.05, 3.63) is 47.5 Å². The number of benzene rings is 2. The average molecular weight is 313 g/mol. The molecule has 1 aliphatic heterocycles. The van der Waals surface area contributed by atoms with Crippen LogP contribution in [0.3, 0.4) is 0 Å². The van der Waals surface area contributed by atoms with Crippen molar-refractivity contribution >= 4 is 11.6 Å². The number of rotatable bonds is 4. The van der Waals surface area contributed by atoms with Crippen molar-refractivity contribution < 1.29 is 19.0 Å². The molecule has 0 radical (unpaired) electrons. The molecule has 0 aliphatic carbocycles. The number of ether oxygens (including phenoxy) is 3. The zero-order valence-corrected chi connectivity index (χ0v) is 13.4. The second-order valence-corrected chi connectivity index (χ2v) is 5.43. The number of nitrogens with one attached hydrogen (secondary N) is 1. The van der Waals surface area contributed by atoms with Gasteiger partial charge in [0.1, 0.15) is 5.75 Å². The molecule has 5 heteroatoms. The maximum atomic E-state index is 12.5. The quantitative estimate of drug-likeness (QED) is 0.943. The molecule has 0 aromatic heterocycles. The maximum absolute atomic E-state index is 12.5. The first-order chi connectivity index (χ1) is 11.1. The van der Waals surface area contributed by atoms with E-state index in [1.807, 2.05) is 37.3 Å². The Morgan fingerprint density at radius 1 is 1.17 bits per heavy atom. The van der Waals surface area contributed by atoms with Crippen molar-refractivity contribution in [2.45, 2.75) is 19.4 Å². The molecule has 1 aliphatic rings. The van der Waals surface area contributed by atoms with Crippen LogP contribution in [0, 0.1) is 6.92 Å². The second-order valence-electron chi connectivity index (χ2n) is 5.43. The van der Waals surface area contributed by atoms with Crippen molar-refractivity contribution in [3.8, 4) is 17.2 Å². The number of amides is 1. The standard InChI is InChI=1S/C18H19NO4/c1-11-8-15(21-2)16(22-3)10-13(11)19-18(20)17-9-12-6-4-5-7-14(12)23-17/h4-8,10,17H,9H2,1-3H3,(H,19,20). The monoisotopic (exact) mass is 313 g/mol. The van der Waals surface area contributed by atoms with E-state index < -0.39 is 6.10 Å². The third kappa shape index (κ3) is 2.95. The van der Waals surface area contributed by atoms with Gasteiger partial charge in [-0.25, -0.2) is 0 Å². The summed E-state index contributed by atoms with van der Waals surface area (Å²) < 4.78 is 16.3. The number of aryl methyl sites for hydroxylation is 1. The molecule has 1 unspecified atom stereocenters. The molecule has 1 N–H and O–H groups in total. The van der Waals surface area contributed by atoms with E-state index >= 15 is 0 Å². The lowest BCUT2D eigenvalue weighted by atomic mass is 10.1. The highest BCUT2D eigenvalue weighted by atomic mass is 16.5. The van der Waals surface area contributed by atoms with Gasteiger partial charge in [0.15, 0.2) is 17.6 Å². The zero-order chi connectivity index (χ0) is 16.4. The van der Waals surface area contributed by atoms with Crippen LogP contribution in [0.5, 0.6) is 17.2 Å². The number of fused-ring (bicyclic) bond motifs is 1. The number of methoxy groups -OCH3 is 2. The van der Waals surface area contributed by atoms with Gasteiger partial charge in [-0.05, 0) is 30.2 Å². The van der Waals surface area contributed by atoms with E-state index in [9.17, 15) is 4.79 Å². The summed E-state index contributed by atoms with van der Waals surface area (Å²) in [5, 5.41) is 2.91. The number of carbonyl (C=O) groups excluding carboxylic acids is 1. The van der Waals surface area contributed by atoms with E-state index in [1.165, 1.54) is 0 Å². The van der Waals surface area contributed by atoms with E-state index in [0.717, 1.165) is 16.9 Å². The smallest absolute Gasteiger partial charge is 0.265 e. The first-order valence-electron chi connectivity index (χ1n) is 7.40. The second kappa shape index (κ2) is 6.20. The Kier molecular flexibility index (Phi) is 4.10. The van der Waals surface area contributed by atoms with Crippen molar-refractivity contribution in [2.24, 2.45) is 0 Å². The SMILES string of the molecule is COc1cc(C)c(NC(=O)C2Cc3ccccc3O2)cc1OC. The van der Waals surface area contributed by atoms with Crippen molar-refractivity contribution in [3.63, 3.8) is 0 Å². The molecule has 23 heavy (non-hydrogen) atoms. The van der Waals surface area contributed by atoms with E-state index in [-0.39, 0.29) is 5.91 Å². The summed E-state index contributed by atoms with van der Waals surface area (Å²) in [5.41, 5.74) is 2.63. The fourth-order valence-corrected chi connectivity index (χ4v) is 2.66. The number of hydrogen-bond acceptors (Lipinski definition) is 4. The third-order valence-electron chi connectivity index (χ3n) is 3.93. The van der Waals surface area contributed by atoms with Gasteiger partial charge < -0.3 is 19.5 Å². The Morgan fingerprint density at radius 2 is 1.87 bits per heavy atom. The van der Waals surface area contributed by atoms with Crippen LogP contribution < -0.4 is 19.5 Å². The molecule has 1 heterocycles. The van der Waals surface area contributed by atoms with Gasteiger partial charge in [0.25, 0.3) is 5.91 Å². The van der Waals surface area contributed by atoms with Crippen LogP contribution in [-0.2, 0) is 11.2 Å². The van der Waals surface area contributed by atoms with Gasteiger partial charge >= 0.3 is 0 Å². The topological polar surface area (TPSA) is 56.8 Å². The molecule has 0 bridgehead atoms. The Labute approximate surface area is 135 Å². The first-order valence-corrected chi connectivity index (χ1v) is 7.40. The van der Waals surface area contributed by atoms with Crippen LogP contribution in [0.1, 0.15) is 11.1 Å². The number of anilines is 1. The highest BCUT2D eigenvalue weighted by Crippen LogP contribution is 2.34. The first kappa shape index (κ1) is 15.2. The van der Waals surface area contributed by atoms with Gasteiger partial charge in [0.2, 0.25) is 0 Å². The number of para-hydroxylation sites is 1. The van der Waals surface area contributed by atoms with Crippen LogP contribution in [0.2, 0.25) is 0 Å². The zero-order valence-electron chi connectivity index (χ0n) is 13.4. The lowest BCUT2D eigenvalue weighted by Crippen LogP contribution is -2.31. The van der Waals surface area contributed by atoms with E-state index in [0.29, 0.717) is 23.6 Å². The summed E-state index contributed by atoms with van der Waals surface area (Å²) in [5.74, 6) is 1.81. The molecule has 0 fully saturated rings. The Hall–Kier alpha value is -2.69. The van der Waals surface area contributed by atoms with Crippen LogP contribution in [0.4, 0.5) is 5.69 Å². The minimum atomic E-state index is -0.514. The van der Waals surface area contributed by atoms with Crippen LogP contribution in [-0.4, -0.2) is 26.2 Å². The van der Waals surface area contributed by atoms with Gasteiger partial charge in [0, 0.05) is 18.2 Å². The summed E-state index contributed by atoms with van der Waals surface area (Å²) >= 11 is 0. The summed E-state index contributed by atoms with van der Waals surface area (Å²) in [4.78, 5) is 12.5. The summed E-state index contributed by atoms with van der Waals surface area (Å²) in [6, 6.07) is 11.3. The summed E-state index contributed by atoms with van der Waals surface area (Å²) in [6.07, 6.45) is 0.0637. The van der Waals surface area contributed by atoms with Gasteiger partial charge in [-0.3, -0.25) is 4.79 Å². The number of carbonyl (C=O) groups is 1. The molecule has 1 amide bonds. The lowest BCUT2D eigenvalue weighted by Gasteiger charge is -2.15. The molecule has 3 rings (SSSR count). The Bertz CT molecular complexity index is 717. The summed E-state index contributed by atoms with van der Waals surface area (Å²) in [6.45, 7) is 1.90. The van der Waals surface area contributed by atoms with E-state index in [1.54, 1.807) is 20.3 Å². The minimum absolute atomic E-state index is 0.170. The minimum Gasteiger partial charge on any atom is -0.493 e. The lowest BCUT2D eigenvalue weighted by molar-refractivity contribution is -0.122. The highest BCUT2D eigenvalue weighted by molar-refractivity contribution is 5.96. The predicted molar refractivity (Wildman–Crippen MR) is 87.5 cm³/mol. The largest absolute Gasteiger partial charge is 0.493 e. The normalized spacial score (nSPS) is 15.5. The van der Waals surface area contributed by atoms with Gasteiger partial charge in [-0.1, -0.05) is 18.2 Å². The van der Waals surface area contributed by atoms with Gasteiger partial charge in [-0.15, -0.1) is 0 Å². The maximum Gasteiger partial charge on any atom is 0.265 e. The van der Waals surface area contributed by atoms with Gasteiger partial charge in [-0.2, -0.15) is 0 Å². The third-order valence-corrected chi connectivity index (χ3v) is 3.93. The summed E-state index contributed by atoms with van der Waals surface area (Å²) in [7, 11) is 3.15. The molecular formula is C18H19NO4. The van der Waals surface area contributed by atoms with Crippen molar-refractivity contribution in [2.75, 3.05) is 19.5 Å². The predicted octanol–water partition coefficient (Wildman–Crippen LogP) is 2.95. The average Bonchev–Trinajstić information content (AvgIpc) is 3.00. The molecule has 0 spiro atoms. The van der Waals surface area contributed by atoms with Crippen LogP contribution in [0.25, 0.3) is 0 Å². The van der Waals surface area contributed by atoms with Gasteiger partial charge in [0.05, 0.1) is 14.2 Å². The Balaban J connectivity index is 1.76. The van der Waals surface area contributed by atoms with E-state index in [2.05, 4.69) is 5.32 Å². The molecular weight excluding hydrogens is 294 g/mol. The van der Waals surface area contributed by atoms with Crippen LogP contribution >= 0.6 is 0 Å². The fraction of sp³-hybridized carbons (Fsp3) is 0.278. The molecule has 0 saturated heterocycles. The Morgan fingerprint density at radius 3 is 2.57 bits per heavy atom. The molecule has 5 nitrogen and oxygen atoms in total. The molecule has 2 aromatic carbocycles. The van der Waals surface area contributed by atoms with Crippen molar-refractivity contribution in [1.82, 2.24) is 0 Å². The molecule has 120 valence electrons. The molecule has 2 aromatic rings. The van der Waals surface area contributed by atoms with E-state index in [4.69, 9.17) is 14.2 Å². The highest BCUT2D eigenvalue weighted by Gasteiger charge is 2.29. The fourth-order valence-electron chi connectivity index (χ4n) is 2.66.